The van der Waals surface area contributed by atoms with Gasteiger partial charge in [0.1, 0.15) is 11.9 Å². The lowest BCUT2D eigenvalue weighted by atomic mass is 10.1. The van der Waals surface area contributed by atoms with Gasteiger partial charge in [-0.1, -0.05) is 6.92 Å². The summed E-state index contributed by atoms with van der Waals surface area (Å²) in [5.41, 5.74) is 5.31. The second-order valence-corrected chi connectivity index (χ2v) is 5.20. The molecule has 11 nitrogen and oxygen atoms in total. The highest BCUT2D eigenvalue weighted by molar-refractivity contribution is 6.12. The molecule has 0 saturated heterocycles. The first-order valence-corrected chi connectivity index (χ1v) is 7.74. The minimum Gasteiger partial charge on any atom is -0.476 e. The fourth-order valence-corrected chi connectivity index (χ4v) is 2.44. The number of hydrogen-bond acceptors (Lipinski definition) is 7. The van der Waals surface area contributed by atoms with Crippen LogP contribution in [-0.2, 0) is 13.5 Å². The Morgan fingerprint density at radius 3 is 2.65 bits per heavy atom. The lowest BCUT2D eigenvalue weighted by Crippen LogP contribution is -2.21. The molecule has 138 valence electrons. The Morgan fingerprint density at radius 1 is 1.42 bits per heavy atom. The van der Waals surface area contributed by atoms with Gasteiger partial charge in [-0.2, -0.15) is 5.10 Å². The topological polar surface area (TPSA) is 155 Å². The summed E-state index contributed by atoms with van der Waals surface area (Å²) in [4.78, 5) is 38.5. The van der Waals surface area contributed by atoms with Crippen molar-refractivity contribution in [3.05, 3.63) is 39.3 Å². The van der Waals surface area contributed by atoms with Crippen molar-refractivity contribution in [1.82, 2.24) is 14.8 Å². The fourth-order valence-electron chi connectivity index (χ4n) is 2.44. The summed E-state index contributed by atoms with van der Waals surface area (Å²) in [6, 6.07) is 1.13. The third-order valence-electron chi connectivity index (χ3n) is 3.54. The number of nitrogens with two attached hydrogens (primary N) is 1. The summed E-state index contributed by atoms with van der Waals surface area (Å²) in [5, 5.41) is 17.4. The Hall–Kier alpha value is -3.50. The van der Waals surface area contributed by atoms with Gasteiger partial charge in [-0.25, -0.2) is 4.98 Å². The summed E-state index contributed by atoms with van der Waals surface area (Å²) in [5.74, 6) is -1.52. The molecule has 2 aromatic rings. The second kappa shape index (κ2) is 7.59. The van der Waals surface area contributed by atoms with Gasteiger partial charge < -0.3 is 15.8 Å². The highest BCUT2D eigenvalue weighted by atomic mass is 16.6. The van der Waals surface area contributed by atoms with Gasteiger partial charge in [0.05, 0.1) is 22.8 Å². The average Bonchev–Trinajstić information content (AvgIpc) is 2.93. The molecule has 26 heavy (non-hydrogen) atoms. The number of nitrogens with one attached hydrogen (secondary N) is 1. The highest BCUT2D eigenvalue weighted by Gasteiger charge is 2.26. The van der Waals surface area contributed by atoms with Gasteiger partial charge in [0.15, 0.2) is 5.69 Å². The van der Waals surface area contributed by atoms with E-state index >= 15 is 0 Å². The van der Waals surface area contributed by atoms with Crippen LogP contribution < -0.4 is 15.8 Å². The van der Waals surface area contributed by atoms with Crippen LogP contribution in [0.1, 0.15) is 40.4 Å². The molecule has 0 radical (unpaired) electrons. The Balaban J connectivity index is 2.49. The molecule has 0 atom stereocenters. The lowest BCUT2D eigenvalue weighted by molar-refractivity contribution is -0.385. The molecule has 11 heteroatoms. The zero-order valence-corrected chi connectivity index (χ0v) is 14.5. The van der Waals surface area contributed by atoms with Crippen molar-refractivity contribution in [1.29, 1.82) is 0 Å². The summed E-state index contributed by atoms with van der Waals surface area (Å²) in [6.45, 7) is 3.74. The zero-order valence-electron chi connectivity index (χ0n) is 14.5. The number of anilines is 1. The number of nitrogens with zero attached hydrogens (tertiary/aromatic N) is 4. The molecule has 2 amide bonds. The van der Waals surface area contributed by atoms with Crippen LogP contribution >= 0.6 is 0 Å². The Kier molecular flexibility index (Phi) is 5.50. The number of aryl methyl sites for hydroxylation is 1. The first-order valence-electron chi connectivity index (χ1n) is 7.74. The van der Waals surface area contributed by atoms with E-state index in [0.717, 1.165) is 12.3 Å². The van der Waals surface area contributed by atoms with E-state index in [-0.39, 0.29) is 35.1 Å². The van der Waals surface area contributed by atoms with Gasteiger partial charge in [-0.05, 0) is 13.3 Å². The predicted molar refractivity (Wildman–Crippen MR) is 91.1 cm³/mol. The number of hydrogen-bond donors (Lipinski definition) is 2. The lowest BCUT2D eigenvalue weighted by Gasteiger charge is -2.11. The maximum absolute atomic E-state index is 12.7. The van der Waals surface area contributed by atoms with Gasteiger partial charge in [-0.15, -0.1) is 0 Å². The quantitative estimate of drug-likeness (QED) is 0.550. The number of ether oxygens (including phenoxy) is 1. The van der Waals surface area contributed by atoms with Crippen LogP contribution in [0, 0.1) is 10.1 Å². The van der Waals surface area contributed by atoms with Crippen molar-refractivity contribution in [2.24, 2.45) is 12.8 Å². The molecule has 2 rings (SSSR count). The molecule has 0 bridgehead atoms. The molecule has 3 N–H and O–H groups in total. The van der Waals surface area contributed by atoms with Crippen LogP contribution in [0.4, 0.5) is 11.4 Å². The molecular formula is C15H18N6O5. The van der Waals surface area contributed by atoms with Gasteiger partial charge in [0, 0.05) is 13.1 Å². The molecule has 2 heterocycles. The van der Waals surface area contributed by atoms with E-state index in [1.807, 2.05) is 0 Å². The molecule has 0 fully saturated rings. The van der Waals surface area contributed by atoms with Crippen molar-refractivity contribution in [2.45, 2.75) is 20.3 Å². The third kappa shape index (κ3) is 3.61. The maximum Gasteiger partial charge on any atom is 0.289 e. The monoisotopic (exact) mass is 362 g/mol. The van der Waals surface area contributed by atoms with E-state index in [4.69, 9.17) is 10.5 Å². The summed E-state index contributed by atoms with van der Waals surface area (Å²) in [6.07, 6.45) is 1.45. The predicted octanol–water partition coefficient (Wildman–Crippen LogP) is 1.04. The summed E-state index contributed by atoms with van der Waals surface area (Å²) in [7, 11) is 1.59. The van der Waals surface area contributed by atoms with Crippen LogP contribution in [0.25, 0.3) is 0 Å². The van der Waals surface area contributed by atoms with E-state index in [9.17, 15) is 19.7 Å². The molecule has 0 aliphatic carbocycles. The smallest absolute Gasteiger partial charge is 0.289 e. The van der Waals surface area contributed by atoms with E-state index in [1.165, 1.54) is 4.68 Å². The molecule has 0 saturated carbocycles. The van der Waals surface area contributed by atoms with Crippen molar-refractivity contribution in [2.75, 3.05) is 11.9 Å². The van der Waals surface area contributed by atoms with Gasteiger partial charge >= 0.3 is 0 Å². The van der Waals surface area contributed by atoms with Crippen LogP contribution in [0.2, 0.25) is 0 Å². The number of pyridine rings is 1. The Bertz CT molecular complexity index is 876. The molecule has 0 unspecified atom stereocenters. The summed E-state index contributed by atoms with van der Waals surface area (Å²) < 4.78 is 6.68. The van der Waals surface area contributed by atoms with Crippen LogP contribution in [-0.4, -0.2) is 38.1 Å². The van der Waals surface area contributed by atoms with Gasteiger partial charge in [0.25, 0.3) is 17.5 Å². The fraction of sp³-hybridized carbons (Fsp3) is 0.333. The van der Waals surface area contributed by atoms with Crippen molar-refractivity contribution in [3.63, 3.8) is 0 Å². The van der Waals surface area contributed by atoms with Crippen molar-refractivity contribution in [3.8, 4) is 5.88 Å². The number of primary amides is 1. The molecule has 2 aromatic heterocycles. The number of carbonyl (C=O) groups excluding carboxylic acids is 2. The number of aromatic nitrogens is 3. The Morgan fingerprint density at radius 2 is 2.12 bits per heavy atom. The minimum absolute atomic E-state index is 0.00683. The van der Waals surface area contributed by atoms with Crippen LogP contribution in [0.15, 0.2) is 12.3 Å². The summed E-state index contributed by atoms with van der Waals surface area (Å²) >= 11 is 0. The average molecular weight is 362 g/mol. The third-order valence-corrected chi connectivity index (χ3v) is 3.54. The van der Waals surface area contributed by atoms with E-state index in [2.05, 4.69) is 15.4 Å². The standard InChI is InChI=1S/C15H18N6O5/c1-4-10-11(12(13(16)22)19-20(10)3)14(23)18-9-6-8(21(24)25)7-17-15(9)26-5-2/h6-7H,4-5H2,1-3H3,(H2,16,22)(H,18,23). The van der Waals surface area contributed by atoms with Crippen LogP contribution in [0.5, 0.6) is 5.88 Å². The van der Waals surface area contributed by atoms with Crippen molar-refractivity contribution >= 4 is 23.2 Å². The minimum atomic E-state index is -0.854. The second-order valence-electron chi connectivity index (χ2n) is 5.20. The normalized spacial score (nSPS) is 10.4. The van der Waals surface area contributed by atoms with Gasteiger partial charge in [0.2, 0.25) is 5.88 Å². The number of carbonyl (C=O) groups is 2. The number of amides is 2. The molecule has 0 aliphatic rings. The zero-order chi connectivity index (χ0) is 19.4. The first kappa shape index (κ1) is 18.8. The van der Waals surface area contributed by atoms with E-state index in [0.29, 0.717) is 12.1 Å². The number of rotatable bonds is 7. The molecule has 0 aromatic carbocycles. The van der Waals surface area contributed by atoms with Gasteiger partial charge in [-0.3, -0.25) is 24.4 Å². The maximum atomic E-state index is 12.7. The first-order chi connectivity index (χ1) is 12.3. The number of nitro groups is 1. The van der Waals surface area contributed by atoms with E-state index in [1.54, 1.807) is 20.9 Å². The van der Waals surface area contributed by atoms with Crippen molar-refractivity contribution < 1.29 is 19.2 Å². The van der Waals surface area contributed by atoms with Crippen LogP contribution in [0.3, 0.4) is 0 Å². The highest BCUT2D eigenvalue weighted by Crippen LogP contribution is 2.27. The van der Waals surface area contributed by atoms with E-state index < -0.39 is 16.7 Å². The molecule has 0 spiro atoms. The largest absolute Gasteiger partial charge is 0.476 e. The molecular weight excluding hydrogens is 344 g/mol. The molecule has 0 aliphatic heterocycles. The Labute approximate surface area is 148 Å². The SMILES string of the molecule is CCOc1ncc([N+](=O)[O-])cc1NC(=O)c1c(C(N)=O)nn(C)c1CC.